The van der Waals surface area contributed by atoms with Gasteiger partial charge in [0, 0.05) is 10.0 Å². The normalized spacial score (nSPS) is 13.2. The van der Waals surface area contributed by atoms with E-state index in [0.717, 1.165) is 0 Å². The van der Waals surface area contributed by atoms with E-state index in [4.69, 9.17) is 39.5 Å². The van der Waals surface area contributed by atoms with Crippen LogP contribution in [-0.2, 0) is 17.9 Å². The molecule has 132 valence electrons. The first-order chi connectivity index (χ1) is 12.5. The van der Waals surface area contributed by atoms with Crippen LogP contribution >= 0.6 is 34.8 Å². The highest BCUT2D eigenvalue weighted by Crippen LogP contribution is 2.32. The van der Waals surface area contributed by atoms with Gasteiger partial charge in [0.15, 0.2) is 5.82 Å². The molecule has 0 bridgehead atoms. The topological polar surface area (TPSA) is 60.3 Å². The molecule has 9 heteroatoms. The molecular weight excluding hydrogens is 399 g/mol. The van der Waals surface area contributed by atoms with Crippen molar-refractivity contribution < 1.29 is 9.53 Å². The van der Waals surface area contributed by atoms with Crippen molar-refractivity contribution in [3.63, 3.8) is 0 Å². The maximum absolute atomic E-state index is 12.4. The Morgan fingerprint density at radius 3 is 2.46 bits per heavy atom. The summed E-state index contributed by atoms with van der Waals surface area (Å²) in [5.74, 6) is 1.34. The van der Waals surface area contributed by atoms with Crippen LogP contribution in [0, 0.1) is 0 Å². The maximum atomic E-state index is 12.4. The van der Waals surface area contributed by atoms with Crippen molar-refractivity contribution in [2.45, 2.75) is 13.2 Å². The number of hydrogen-bond acceptors (Lipinski definition) is 4. The molecule has 2 aromatic carbocycles. The number of ether oxygens (including phenoxy) is 1. The fraction of sp³-hybridized carbons (Fsp3) is 0.118. The first-order valence-corrected chi connectivity index (χ1v) is 8.75. The number of aromatic nitrogens is 3. The van der Waals surface area contributed by atoms with Crippen LogP contribution in [0.15, 0.2) is 42.5 Å². The molecule has 1 amide bonds. The first-order valence-electron chi connectivity index (χ1n) is 7.61. The highest BCUT2D eigenvalue weighted by atomic mass is 35.5. The molecular formula is C17H11Cl3N4O2. The maximum Gasteiger partial charge on any atom is 0.254 e. The standard InChI is InChI=1S/C17H11Cl3N4O2/c18-10-1-4-12(5-2-10)24-16(25)8-23-15(21-22-17(23)24)9-26-14-6-3-11(19)7-13(14)20/h1-7H,8-9H2. The predicted octanol–water partition coefficient (Wildman–Crippen LogP) is 4.50. The van der Waals surface area contributed by atoms with E-state index in [1.54, 1.807) is 47.0 Å². The third-order valence-electron chi connectivity index (χ3n) is 3.89. The van der Waals surface area contributed by atoms with E-state index in [1.165, 1.54) is 4.90 Å². The summed E-state index contributed by atoms with van der Waals surface area (Å²) in [5.41, 5.74) is 0.679. The van der Waals surface area contributed by atoms with Gasteiger partial charge in [-0.25, -0.2) is 4.90 Å². The molecule has 0 radical (unpaired) electrons. The van der Waals surface area contributed by atoms with Gasteiger partial charge in [-0.2, -0.15) is 0 Å². The monoisotopic (exact) mass is 408 g/mol. The van der Waals surface area contributed by atoms with Crippen LogP contribution in [-0.4, -0.2) is 20.7 Å². The van der Waals surface area contributed by atoms with Crippen LogP contribution in [0.25, 0.3) is 0 Å². The van der Waals surface area contributed by atoms with Gasteiger partial charge in [0.2, 0.25) is 5.95 Å². The zero-order valence-corrected chi connectivity index (χ0v) is 15.5. The summed E-state index contributed by atoms with van der Waals surface area (Å²) in [7, 11) is 0. The lowest BCUT2D eigenvalue weighted by Crippen LogP contribution is -2.21. The summed E-state index contributed by atoms with van der Waals surface area (Å²) in [4.78, 5) is 13.9. The number of rotatable bonds is 4. The van der Waals surface area contributed by atoms with Gasteiger partial charge in [-0.05, 0) is 42.5 Å². The molecule has 0 aliphatic carbocycles. The van der Waals surface area contributed by atoms with E-state index in [1.807, 2.05) is 0 Å². The Hall–Kier alpha value is -2.28. The van der Waals surface area contributed by atoms with Gasteiger partial charge in [-0.3, -0.25) is 9.36 Å². The third kappa shape index (κ3) is 3.11. The minimum Gasteiger partial charge on any atom is -0.484 e. The molecule has 0 unspecified atom stereocenters. The van der Waals surface area contributed by atoms with E-state index >= 15 is 0 Å². The Morgan fingerprint density at radius 1 is 1.00 bits per heavy atom. The number of anilines is 2. The molecule has 1 aromatic heterocycles. The highest BCUT2D eigenvalue weighted by Gasteiger charge is 2.33. The molecule has 0 atom stereocenters. The van der Waals surface area contributed by atoms with Crippen LogP contribution in [0.2, 0.25) is 15.1 Å². The lowest BCUT2D eigenvalue weighted by Gasteiger charge is -2.13. The van der Waals surface area contributed by atoms with E-state index in [0.29, 0.717) is 38.3 Å². The van der Waals surface area contributed by atoms with Crippen LogP contribution in [0.1, 0.15) is 5.82 Å². The van der Waals surface area contributed by atoms with Crippen LogP contribution < -0.4 is 9.64 Å². The van der Waals surface area contributed by atoms with E-state index in [9.17, 15) is 4.79 Å². The summed E-state index contributed by atoms with van der Waals surface area (Å²) in [6.45, 7) is 0.258. The Labute approximate surface area is 163 Å². The minimum atomic E-state index is -0.108. The fourth-order valence-electron chi connectivity index (χ4n) is 2.66. The molecule has 1 aliphatic rings. The molecule has 0 spiro atoms. The largest absolute Gasteiger partial charge is 0.484 e. The van der Waals surface area contributed by atoms with E-state index < -0.39 is 0 Å². The van der Waals surface area contributed by atoms with Crippen molar-refractivity contribution in [1.82, 2.24) is 14.8 Å². The van der Waals surface area contributed by atoms with Crippen molar-refractivity contribution in [3.8, 4) is 5.75 Å². The molecule has 3 aromatic rings. The number of carbonyl (C=O) groups is 1. The lowest BCUT2D eigenvalue weighted by molar-refractivity contribution is -0.117. The van der Waals surface area contributed by atoms with Gasteiger partial charge < -0.3 is 4.74 Å². The van der Waals surface area contributed by atoms with Crippen LogP contribution in [0.5, 0.6) is 5.75 Å². The first kappa shape index (κ1) is 17.1. The Bertz CT molecular complexity index is 988. The number of nitrogens with zero attached hydrogens (tertiary/aromatic N) is 4. The quantitative estimate of drug-likeness (QED) is 0.637. The number of fused-ring (bicyclic) bond motifs is 1. The van der Waals surface area contributed by atoms with Gasteiger partial charge in [-0.15, -0.1) is 10.2 Å². The number of amides is 1. The zero-order chi connectivity index (χ0) is 18.3. The van der Waals surface area contributed by atoms with Crippen molar-refractivity contribution in [1.29, 1.82) is 0 Å². The van der Waals surface area contributed by atoms with Gasteiger partial charge in [-0.1, -0.05) is 34.8 Å². The van der Waals surface area contributed by atoms with Gasteiger partial charge in [0.25, 0.3) is 5.91 Å². The number of hydrogen-bond donors (Lipinski definition) is 0. The highest BCUT2D eigenvalue weighted by molar-refractivity contribution is 6.35. The summed E-state index contributed by atoms with van der Waals surface area (Å²) < 4.78 is 7.40. The van der Waals surface area contributed by atoms with Crippen molar-refractivity contribution in [2.75, 3.05) is 4.90 Å². The Balaban J connectivity index is 1.57. The third-order valence-corrected chi connectivity index (χ3v) is 4.67. The number of halogens is 3. The second kappa shape index (κ2) is 6.79. The minimum absolute atomic E-state index is 0.108. The van der Waals surface area contributed by atoms with Crippen molar-refractivity contribution in [3.05, 3.63) is 63.4 Å². The Kier molecular flexibility index (Phi) is 4.48. The second-order valence-electron chi connectivity index (χ2n) is 5.57. The van der Waals surface area contributed by atoms with Crippen LogP contribution in [0.4, 0.5) is 11.6 Å². The summed E-state index contributed by atoms with van der Waals surface area (Å²) >= 11 is 17.9. The summed E-state index contributed by atoms with van der Waals surface area (Å²) in [6.07, 6.45) is 0. The molecule has 0 saturated heterocycles. The summed E-state index contributed by atoms with van der Waals surface area (Å²) in [6, 6.07) is 11.9. The average Bonchev–Trinajstić information content (AvgIpc) is 3.13. The van der Waals surface area contributed by atoms with Crippen LogP contribution in [0.3, 0.4) is 0 Å². The molecule has 26 heavy (non-hydrogen) atoms. The summed E-state index contributed by atoms with van der Waals surface area (Å²) in [5, 5.41) is 9.77. The Morgan fingerprint density at radius 2 is 1.73 bits per heavy atom. The molecule has 0 saturated carbocycles. The number of benzene rings is 2. The smallest absolute Gasteiger partial charge is 0.254 e. The zero-order valence-electron chi connectivity index (χ0n) is 13.2. The molecule has 0 N–H and O–H groups in total. The van der Waals surface area contributed by atoms with E-state index in [-0.39, 0.29) is 19.1 Å². The van der Waals surface area contributed by atoms with Gasteiger partial charge in [0.05, 0.1) is 10.7 Å². The predicted molar refractivity (Wildman–Crippen MR) is 99.4 cm³/mol. The average molecular weight is 410 g/mol. The fourth-order valence-corrected chi connectivity index (χ4v) is 3.25. The molecule has 0 fully saturated rings. The van der Waals surface area contributed by atoms with Crippen molar-refractivity contribution in [2.24, 2.45) is 0 Å². The van der Waals surface area contributed by atoms with Crippen molar-refractivity contribution >= 4 is 52.3 Å². The molecule has 4 rings (SSSR count). The van der Waals surface area contributed by atoms with Gasteiger partial charge >= 0.3 is 0 Å². The number of carbonyl (C=O) groups excluding carboxylic acids is 1. The lowest BCUT2D eigenvalue weighted by atomic mass is 10.3. The molecule has 2 heterocycles. The molecule has 6 nitrogen and oxygen atoms in total. The SMILES string of the molecule is O=C1Cn2c(COc3ccc(Cl)cc3Cl)nnc2N1c1ccc(Cl)cc1. The molecule has 1 aliphatic heterocycles. The van der Waals surface area contributed by atoms with Gasteiger partial charge in [0.1, 0.15) is 18.9 Å². The van der Waals surface area contributed by atoms with E-state index in [2.05, 4.69) is 10.2 Å². The second-order valence-corrected chi connectivity index (χ2v) is 6.85.